The zero-order chi connectivity index (χ0) is 17.5. The standard InChI is InChI=1S/C18H25N3O4/c22-17(13-19-12-16-5-2-8-25-16)20-15-4-1-3-14(11-15)18(23)21-6-9-24-10-7-21/h1,3-4,11,16,19H,2,5-10,12-13H2,(H,20,22). The molecule has 2 aliphatic heterocycles. The van der Waals surface area contributed by atoms with E-state index in [1.807, 2.05) is 0 Å². The number of amides is 2. The molecule has 0 spiro atoms. The molecule has 2 aliphatic rings. The first-order valence-electron chi connectivity index (χ1n) is 8.81. The van der Waals surface area contributed by atoms with Crippen LogP contribution in [0.3, 0.4) is 0 Å². The van der Waals surface area contributed by atoms with Gasteiger partial charge in [0, 0.05) is 37.5 Å². The van der Waals surface area contributed by atoms with E-state index in [-0.39, 0.29) is 24.5 Å². The van der Waals surface area contributed by atoms with Crippen LogP contribution in [0.15, 0.2) is 24.3 Å². The lowest BCUT2D eigenvalue weighted by Gasteiger charge is -2.27. The Morgan fingerprint density at radius 3 is 2.80 bits per heavy atom. The van der Waals surface area contributed by atoms with E-state index in [0.717, 1.165) is 19.4 Å². The summed E-state index contributed by atoms with van der Waals surface area (Å²) in [5.41, 5.74) is 1.20. The van der Waals surface area contributed by atoms with Crippen LogP contribution in [0.1, 0.15) is 23.2 Å². The smallest absolute Gasteiger partial charge is 0.254 e. The van der Waals surface area contributed by atoms with Gasteiger partial charge in [0.15, 0.2) is 0 Å². The van der Waals surface area contributed by atoms with E-state index < -0.39 is 0 Å². The van der Waals surface area contributed by atoms with Gasteiger partial charge in [-0.05, 0) is 31.0 Å². The van der Waals surface area contributed by atoms with Crippen molar-refractivity contribution in [3.8, 4) is 0 Å². The van der Waals surface area contributed by atoms with Crippen LogP contribution in [0.4, 0.5) is 5.69 Å². The third kappa shape index (κ3) is 5.26. The third-order valence-corrected chi connectivity index (χ3v) is 4.37. The van der Waals surface area contributed by atoms with Crippen molar-refractivity contribution in [2.45, 2.75) is 18.9 Å². The van der Waals surface area contributed by atoms with Gasteiger partial charge in [-0.2, -0.15) is 0 Å². The number of carbonyl (C=O) groups excluding carboxylic acids is 2. The van der Waals surface area contributed by atoms with Crippen molar-refractivity contribution >= 4 is 17.5 Å². The van der Waals surface area contributed by atoms with Crippen LogP contribution in [-0.2, 0) is 14.3 Å². The Morgan fingerprint density at radius 1 is 1.20 bits per heavy atom. The van der Waals surface area contributed by atoms with Gasteiger partial charge in [0.1, 0.15) is 0 Å². The molecule has 2 N–H and O–H groups in total. The van der Waals surface area contributed by atoms with Gasteiger partial charge < -0.3 is 25.0 Å². The topological polar surface area (TPSA) is 79.9 Å². The molecule has 1 aromatic rings. The van der Waals surface area contributed by atoms with E-state index in [1.54, 1.807) is 29.2 Å². The van der Waals surface area contributed by atoms with Crippen LogP contribution in [0, 0.1) is 0 Å². The van der Waals surface area contributed by atoms with Crippen molar-refractivity contribution < 1.29 is 19.1 Å². The zero-order valence-electron chi connectivity index (χ0n) is 14.3. The van der Waals surface area contributed by atoms with Crippen molar-refractivity contribution in [2.24, 2.45) is 0 Å². The maximum Gasteiger partial charge on any atom is 0.254 e. The summed E-state index contributed by atoms with van der Waals surface area (Å²) in [5, 5.41) is 5.94. The van der Waals surface area contributed by atoms with E-state index in [1.165, 1.54) is 0 Å². The van der Waals surface area contributed by atoms with Gasteiger partial charge in [0.05, 0.1) is 25.9 Å². The molecule has 2 heterocycles. The number of carbonyl (C=O) groups is 2. The molecule has 1 unspecified atom stereocenters. The van der Waals surface area contributed by atoms with Gasteiger partial charge in [-0.15, -0.1) is 0 Å². The average molecular weight is 347 g/mol. The second kappa shape index (κ2) is 8.94. The molecule has 2 amide bonds. The monoisotopic (exact) mass is 347 g/mol. The highest BCUT2D eigenvalue weighted by atomic mass is 16.5. The Morgan fingerprint density at radius 2 is 2.04 bits per heavy atom. The number of anilines is 1. The molecular weight excluding hydrogens is 322 g/mol. The lowest BCUT2D eigenvalue weighted by atomic mass is 10.1. The minimum atomic E-state index is -0.131. The fraction of sp³-hybridized carbons (Fsp3) is 0.556. The second-order valence-electron chi connectivity index (χ2n) is 6.30. The van der Waals surface area contributed by atoms with Gasteiger partial charge >= 0.3 is 0 Å². The number of ether oxygens (including phenoxy) is 2. The number of morpholine rings is 1. The van der Waals surface area contributed by atoms with Crippen molar-refractivity contribution in [1.29, 1.82) is 0 Å². The van der Waals surface area contributed by atoms with Crippen LogP contribution in [-0.4, -0.2) is 68.8 Å². The summed E-state index contributed by atoms with van der Waals surface area (Å²) in [6.07, 6.45) is 2.34. The maximum atomic E-state index is 12.5. The van der Waals surface area contributed by atoms with Crippen LogP contribution in [0.2, 0.25) is 0 Å². The van der Waals surface area contributed by atoms with Gasteiger partial charge in [-0.25, -0.2) is 0 Å². The average Bonchev–Trinajstić information content (AvgIpc) is 3.15. The van der Waals surface area contributed by atoms with E-state index in [0.29, 0.717) is 44.1 Å². The largest absolute Gasteiger partial charge is 0.378 e. The lowest BCUT2D eigenvalue weighted by molar-refractivity contribution is -0.115. The summed E-state index contributed by atoms with van der Waals surface area (Å²) in [5.74, 6) is -0.162. The molecular formula is C18H25N3O4. The van der Waals surface area contributed by atoms with Crippen LogP contribution in [0.25, 0.3) is 0 Å². The van der Waals surface area contributed by atoms with Crippen molar-refractivity contribution in [3.63, 3.8) is 0 Å². The molecule has 0 aliphatic carbocycles. The van der Waals surface area contributed by atoms with Crippen molar-refractivity contribution in [1.82, 2.24) is 10.2 Å². The molecule has 25 heavy (non-hydrogen) atoms. The Hall–Kier alpha value is -1.96. The first-order chi connectivity index (χ1) is 12.2. The van der Waals surface area contributed by atoms with E-state index in [4.69, 9.17) is 9.47 Å². The first kappa shape index (κ1) is 17.8. The SMILES string of the molecule is O=C(CNCC1CCCO1)Nc1cccc(C(=O)N2CCOCC2)c1. The first-order valence-corrected chi connectivity index (χ1v) is 8.81. The lowest BCUT2D eigenvalue weighted by Crippen LogP contribution is -2.40. The quantitative estimate of drug-likeness (QED) is 0.798. The molecule has 0 aromatic heterocycles. The molecule has 0 saturated carbocycles. The number of benzene rings is 1. The molecule has 3 rings (SSSR count). The second-order valence-corrected chi connectivity index (χ2v) is 6.30. The number of rotatable bonds is 6. The maximum absolute atomic E-state index is 12.5. The fourth-order valence-electron chi connectivity index (χ4n) is 3.04. The normalized spacial score (nSPS) is 20.5. The Bertz CT molecular complexity index is 596. The summed E-state index contributed by atoms with van der Waals surface area (Å²) in [7, 11) is 0. The summed E-state index contributed by atoms with van der Waals surface area (Å²) >= 11 is 0. The fourth-order valence-corrected chi connectivity index (χ4v) is 3.04. The van der Waals surface area contributed by atoms with E-state index in [2.05, 4.69) is 10.6 Å². The van der Waals surface area contributed by atoms with Crippen LogP contribution >= 0.6 is 0 Å². The Balaban J connectivity index is 1.48. The molecule has 7 heteroatoms. The Labute approximate surface area is 147 Å². The van der Waals surface area contributed by atoms with Crippen molar-refractivity contribution in [2.75, 3.05) is 51.3 Å². The van der Waals surface area contributed by atoms with Gasteiger partial charge in [-0.3, -0.25) is 9.59 Å². The predicted octanol–water partition coefficient (Wildman–Crippen LogP) is 0.866. The van der Waals surface area contributed by atoms with E-state index >= 15 is 0 Å². The highest BCUT2D eigenvalue weighted by molar-refractivity contribution is 5.97. The minimum Gasteiger partial charge on any atom is -0.378 e. The third-order valence-electron chi connectivity index (χ3n) is 4.37. The summed E-state index contributed by atoms with van der Waals surface area (Å²) < 4.78 is 10.8. The molecule has 1 atom stereocenters. The summed E-state index contributed by atoms with van der Waals surface area (Å²) in [6, 6.07) is 7.05. The van der Waals surface area contributed by atoms with Gasteiger partial charge in [0.2, 0.25) is 5.91 Å². The molecule has 0 bridgehead atoms. The minimum absolute atomic E-state index is 0.0316. The number of hydrogen-bond donors (Lipinski definition) is 2. The van der Waals surface area contributed by atoms with Crippen LogP contribution < -0.4 is 10.6 Å². The number of nitrogens with one attached hydrogen (secondary N) is 2. The highest BCUT2D eigenvalue weighted by Gasteiger charge is 2.19. The van der Waals surface area contributed by atoms with Gasteiger partial charge in [-0.1, -0.05) is 6.07 Å². The molecule has 2 saturated heterocycles. The highest BCUT2D eigenvalue weighted by Crippen LogP contribution is 2.14. The molecule has 0 radical (unpaired) electrons. The molecule has 7 nitrogen and oxygen atoms in total. The number of hydrogen-bond acceptors (Lipinski definition) is 5. The van der Waals surface area contributed by atoms with Crippen LogP contribution in [0.5, 0.6) is 0 Å². The van der Waals surface area contributed by atoms with Gasteiger partial charge in [0.25, 0.3) is 5.91 Å². The predicted molar refractivity (Wildman–Crippen MR) is 93.6 cm³/mol. The van der Waals surface area contributed by atoms with E-state index in [9.17, 15) is 9.59 Å². The molecule has 1 aromatic carbocycles. The molecule has 136 valence electrons. The summed E-state index contributed by atoms with van der Waals surface area (Å²) in [6.45, 7) is 4.05. The zero-order valence-corrected chi connectivity index (χ0v) is 14.3. The van der Waals surface area contributed by atoms with Crippen molar-refractivity contribution in [3.05, 3.63) is 29.8 Å². The molecule has 2 fully saturated rings. The Kier molecular flexibility index (Phi) is 6.38. The summed E-state index contributed by atoms with van der Waals surface area (Å²) in [4.78, 5) is 26.3. The number of nitrogens with zero attached hydrogens (tertiary/aromatic N) is 1.